The maximum absolute atomic E-state index is 12.9. The Morgan fingerprint density at radius 1 is 0.893 bits per heavy atom. The highest BCUT2D eigenvalue weighted by Gasteiger charge is 2.33. The summed E-state index contributed by atoms with van der Waals surface area (Å²) in [6, 6.07) is -0.130. The number of pyridine rings is 1. The summed E-state index contributed by atoms with van der Waals surface area (Å²) in [7, 11) is 0. The van der Waals surface area contributed by atoms with E-state index >= 15 is 0 Å². The van der Waals surface area contributed by atoms with Gasteiger partial charge in [-0.25, -0.2) is 14.4 Å². The van der Waals surface area contributed by atoms with Crippen LogP contribution in [0.3, 0.4) is 0 Å². The minimum atomic E-state index is -0.953. The first kappa shape index (κ1) is 21.7. The van der Waals surface area contributed by atoms with Gasteiger partial charge in [-0.1, -0.05) is 19.3 Å². The molecule has 1 heterocycles. The number of carbonyl (C=O) groups is 3. The Morgan fingerprint density at radius 2 is 1.43 bits per heavy atom. The van der Waals surface area contributed by atoms with Gasteiger partial charge in [-0.05, 0) is 33.6 Å². The monoisotopic (exact) mass is 393 g/mol. The molecule has 154 valence electrons. The van der Waals surface area contributed by atoms with E-state index in [4.69, 9.17) is 14.2 Å². The highest BCUT2D eigenvalue weighted by molar-refractivity contribution is 6.03. The SMILES string of the molecule is CCOC(=O)c1cn(C2CCCCC2)c(C(=O)OCC)c(C(=O)OCC)c1=O. The summed E-state index contributed by atoms with van der Waals surface area (Å²) in [5, 5.41) is 0. The summed E-state index contributed by atoms with van der Waals surface area (Å²) in [5.74, 6) is -2.58. The van der Waals surface area contributed by atoms with E-state index < -0.39 is 28.9 Å². The number of rotatable bonds is 7. The van der Waals surface area contributed by atoms with E-state index in [1.165, 1.54) is 10.8 Å². The van der Waals surface area contributed by atoms with Crippen LogP contribution >= 0.6 is 0 Å². The third kappa shape index (κ3) is 4.61. The quantitative estimate of drug-likeness (QED) is 0.518. The van der Waals surface area contributed by atoms with Crippen LogP contribution in [-0.2, 0) is 14.2 Å². The molecule has 0 saturated heterocycles. The third-order valence-electron chi connectivity index (χ3n) is 4.65. The van der Waals surface area contributed by atoms with Crippen molar-refractivity contribution in [3.63, 3.8) is 0 Å². The molecule has 0 spiro atoms. The van der Waals surface area contributed by atoms with Crippen LogP contribution in [0, 0.1) is 0 Å². The van der Waals surface area contributed by atoms with Gasteiger partial charge >= 0.3 is 17.9 Å². The Labute approximate surface area is 163 Å². The fraction of sp³-hybridized carbons (Fsp3) is 0.600. The van der Waals surface area contributed by atoms with E-state index in [9.17, 15) is 19.2 Å². The van der Waals surface area contributed by atoms with E-state index in [1.807, 2.05) is 0 Å². The van der Waals surface area contributed by atoms with Gasteiger partial charge in [0.1, 0.15) is 16.8 Å². The van der Waals surface area contributed by atoms with Gasteiger partial charge in [0.25, 0.3) is 0 Å². The average Bonchev–Trinajstić information content (AvgIpc) is 2.68. The molecule has 1 aliphatic carbocycles. The normalized spacial score (nSPS) is 14.4. The fourth-order valence-electron chi connectivity index (χ4n) is 3.43. The molecule has 0 aromatic carbocycles. The molecule has 1 fully saturated rings. The van der Waals surface area contributed by atoms with E-state index in [1.54, 1.807) is 20.8 Å². The molecule has 0 unspecified atom stereocenters. The lowest BCUT2D eigenvalue weighted by molar-refractivity contribution is 0.0457. The molecule has 28 heavy (non-hydrogen) atoms. The number of ether oxygens (including phenoxy) is 3. The van der Waals surface area contributed by atoms with E-state index in [-0.39, 0.29) is 37.1 Å². The topological polar surface area (TPSA) is 101 Å². The van der Waals surface area contributed by atoms with Crippen LogP contribution in [0.4, 0.5) is 0 Å². The lowest BCUT2D eigenvalue weighted by Gasteiger charge is -2.28. The standard InChI is InChI=1S/C20H27NO7/c1-4-26-18(23)14-12-21(13-10-8-7-9-11-13)16(20(25)28-6-3)15(17(14)22)19(24)27-5-2/h12-13H,4-11H2,1-3H3. The summed E-state index contributed by atoms with van der Waals surface area (Å²) in [6.45, 7) is 5.04. The molecule has 0 aliphatic heterocycles. The molecule has 1 aromatic heterocycles. The van der Waals surface area contributed by atoms with Gasteiger partial charge in [-0.2, -0.15) is 0 Å². The van der Waals surface area contributed by atoms with Gasteiger partial charge in [-0.3, -0.25) is 4.79 Å². The van der Waals surface area contributed by atoms with Gasteiger partial charge in [0.2, 0.25) is 5.43 Å². The van der Waals surface area contributed by atoms with Gasteiger partial charge < -0.3 is 18.8 Å². The fourth-order valence-corrected chi connectivity index (χ4v) is 3.43. The number of carbonyl (C=O) groups excluding carboxylic acids is 3. The Morgan fingerprint density at radius 3 is 2.00 bits per heavy atom. The van der Waals surface area contributed by atoms with Crippen LogP contribution in [0.1, 0.15) is 90.1 Å². The molecule has 8 nitrogen and oxygen atoms in total. The second kappa shape index (κ2) is 10.1. The van der Waals surface area contributed by atoms with Gasteiger partial charge in [0.05, 0.1) is 19.8 Å². The molecular formula is C20H27NO7. The van der Waals surface area contributed by atoms with Crippen LogP contribution in [0.25, 0.3) is 0 Å². The van der Waals surface area contributed by atoms with Crippen molar-refractivity contribution in [2.45, 2.75) is 58.9 Å². The molecule has 0 bridgehead atoms. The molecule has 2 rings (SSSR count). The molecule has 1 aliphatic rings. The Kier molecular flexibility index (Phi) is 7.78. The summed E-state index contributed by atoms with van der Waals surface area (Å²) in [4.78, 5) is 50.5. The van der Waals surface area contributed by atoms with Crippen molar-refractivity contribution in [2.75, 3.05) is 19.8 Å². The Hall–Kier alpha value is -2.64. The third-order valence-corrected chi connectivity index (χ3v) is 4.65. The van der Waals surface area contributed by atoms with E-state index in [0.29, 0.717) is 0 Å². The minimum Gasteiger partial charge on any atom is -0.462 e. The highest BCUT2D eigenvalue weighted by Crippen LogP contribution is 2.30. The predicted molar refractivity (Wildman–Crippen MR) is 101 cm³/mol. The molecule has 0 atom stereocenters. The van der Waals surface area contributed by atoms with Crippen LogP contribution in [0.5, 0.6) is 0 Å². The number of esters is 3. The van der Waals surface area contributed by atoms with E-state index in [2.05, 4.69) is 0 Å². The van der Waals surface area contributed by atoms with Crippen molar-refractivity contribution in [3.05, 3.63) is 33.2 Å². The Balaban J connectivity index is 2.77. The molecule has 0 amide bonds. The van der Waals surface area contributed by atoms with Crippen molar-refractivity contribution < 1.29 is 28.6 Å². The lowest BCUT2D eigenvalue weighted by Crippen LogP contribution is -2.34. The number of nitrogens with zero attached hydrogens (tertiary/aromatic N) is 1. The summed E-state index contributed by atoms with van der Waals surface area (Å²) in [5.41, 5.74) is -1.81. The van der Waals surface area contributed by atoms with Gasteiger partial charge in [0.15, 0.2) is 0 Å². The van der Waals surface area contributed by atoms with Crippen LogP contribution in [0.15, 0.2) is 11.0 Å². The lowest BCUT2D eigenvalue weighted by atomic mass is 9.94. The highest BCUT2D eigenvalue weighted by atomic mass is 16.5. The first-order chi connectivity index (χ1) is 13.5. The van der Waals surface area contributed by atoms with Crippen molar-refractivity contribution in [1.29, 1.82) is 0 Å². The average molecular weight is 393 g/mol. The van der Waals surface area contributed by atoms with Crippen LogP contribution < -0.4 is 5.43 Å². The van der Waals surface area contributed by atoms with Crippen LogP contribution in [-0.4, -0.2) is 42.3 Å². The van der Waals surface area contributed by atoms with Crippen LogP contribution in [0.2, 0.25) is 0 Å². The van der Waals surface area contributed by atoms with E-state index in [0.717, 1.165) is 32.1 Å². The molecule has 1 saturated carbocycles. The first-order valence-electron chi connectivity index (χ1n) is 9.76. The van der Waals surface area contributed by atoms with Gasteiger partial charge in [-0.15, -0.1) is 0 Å². The minimum absolute atomic E-state index is 0.0214. The van der Waals surface area contributed by atoms with Crippen molar-refractivity contribution in [2.24, 2.45) is 0 Å². The Bertz CT molecular complexity index is 790. The maximum atomic E-state index is 12.9. The van der Waals surface area contributed by atoms with Crippen molar-refractivity contribution >= 4 is 17.9 Å². The molecule has 8 heteroatoms. The van der Waals surface area contributed by atoms with Crippen molar-refractivity contribution in [1.82, 2.24) is 4.57 Å². The first-order valence-corrected chi connectivity index (χ1v) is 9.76. The smallest absolute Gasteiger partial charge is 0.356 e. The molecule has 0 radical (unpaired) electrons. The molecule has 1 aromatic rings. The zero-order valence-electron chi connectivity index (χ0n) is 16.6. The second-order valence-corrected chi connectivity index (χ2v) is 6.46. The van der Waals surface area contributed by atoms with Crippen molar-refractivity contribution in [3.8, 4) is 0 Å². The summed E-state index contributed by atoms with van der Waals surface area (Å²) >= 11 is 0. The summed E-state index contributed by atoms with van der Waals surface area (Å²) < 4.78 is 16.6. The predicted octanol–water partition coefficient (Wildman–Crippen LogP) is 2.88. The largest absolute Gasteiger partial charge is 0.462 e. The second-order valence-electron chi connectivity index (χ2n) is 6.46. The zero-order valence-corrected chi connectivity index (χ0v) is 16.6. The molecular weight excluding hydrogens is 366 g/mol. The molecule has 0 N–H and O–H groups in total. The number of hydrogen-bond donors (Lipinski definition) is 0. The number of aromatic nitrogens is 1. The zero-order chi connectivity index (χ0) is 20.7. The number of hydrogen-bond acceptors (Lipinski definition) is 7. The summed E-state index contributed by atoms with van der Waals surface area (Å²) in [6.07, 6.45) is 5.82. The van der Waals surface area contributed by atoms with Gasteiger partial charge in [0, 0.05) is 12.2 Å². The maximum Gasteiger partial charge on any atom is 0.356 e.